The van der Waals surface area contributed by atoms with Gasteiger partial charge < -0.3 is 10.3 Å². The average molecular weight is 232 g/mol. The number of rotatable bonds is 6. The molecule has 0 N–H and O–H groups in total. The van der Waals surface area contributed by atoms with Gasteiger partial charge in [-0.2, -0.15) is 4.79 Å². The standard InChI is InChI=1S/C13H16N2O2/c1-10(2)13(12(16)8-15-14)17-9-11-6-4-3-5-7-11/h3-8,10,13H,9H2,1-2H3/t13-/m0/s1. The molecule has 4 nitrogen and oxygen atoms in total. The predicted molar refractivity (Wildman–Crippen MR) is 64.5 cm³/mol. The van der Waals surface area contributed by atoms with Crippen LogP contribution in [0.3, 0.4) is 0 Å². The summed E-state index contributed by atoms with van der Waals surface area (Å²) in [7, 11) is 0. The third kappa shape index (κ3) is 4.31. The van der Waals surface area contributed by atoms with E-state index in [-0.39, 0.29) is 11.7 Å². The smallest absolute Gasteiger partial charge is 0.325 e. The average Bonchev–Trinajstić information content (AvgIpc) is 2.30. The number of hydrogen-bond acceptors (Lipinski definition) is 2. The van der Waals surface area contributed by atoms with Gasteiger partial charge in [0, 0.05) is 0 Å². The topological polar surface area (TPSA) is 62.7 Å². The quantitative estimate of drug-likeness (QED) is 0.428. The molecule has 0 unspecified atom stereocenters. The molecule has 0 spiro atoms. The minimum atomic E-state index is -0.578. The Morgan fingerprint density at radius 3 is 2.59 bits per heavy atom. The summed E-state index contributed by atoms with van der Waals surface area (Å²) in [5.74, 6) is -0.289. The maximum absolute atomic E-state index is 11.6. The first-order valence-electron chi connectivity index (χ1n) is 5.52. The van der Waals surface area contributed by atoms with Gasteiger partial charge >= 0.3 is 6.21 Å². The van der Waals surface area contributed by atoms with Gasteiger partial charge in [0.2, 0.25) is 0 Å². The first-order valence-corrected chi connectivity index (χ1v) is 5.52. The van der Waals surface area contributed by atoms with Gasteiger partial charge in [0.15, 0.2) is 0 Å². The molecular formula is C13H16N2O2. The monoisotopic (exact) mass is 232 g/mol. The second-order valence-electron chi connectivity index (χ2n) is 4.11. The molecule has 0 saturated carbocycles. The van der Waals surface area contributed by atoms with Crippen LogP contribution in [0.4, 0.5) is 0 Å². The van der Waals surface area contributed by atoms with Crippen LogP contribution in [-0.2, 0) is 16.1 Å². The molecule has 17 heavy (non-hydrogen) atoms. The van der Waals surface area contributed by atoms with E-state index in [1.54, 1.807) is 0 Å². The van der Waals surface area contributed by atoms with Gasteiger partial charge in [-0.1, -0.05) is 44.2 Å². The summed E-state index contributed by atoms with van der Waals surface area (Å²) in [5.41, 5.74) is 9.35. The first-order chi connectivity index (χ1) is 8.15. The molecule has 1 rings (SSSR count). The lowest BCUT2D eigenvalue weighted by molar-refractivity contribution is -0.130. The molecule has 0 aliphatic carbocycles. The van der Waals surface area contributed by atoms with E-state index in [4.69, 9.17) is 10.3 Å². The van der Waals surface area contributed by atoms with Crippen LogP contribution in [0, 0.1) is 5.92 Å². The highest BCUT2D eigenvalue weighted by Gasteiger charge is 2.24. The fourth-order valence-corrected chi connectivity index (χ4v) is 1.49. The Balaban J connectivity index is 2.62. The molecule has 0 fully saturated rings. The molecule has 4 heteroatoms. The predicted octanol–water partition coefficient (Wildman–Crippen LogP) is 2.10. The van der Waals surface area contributed by atoms with Gasteiger partial charge in [-0.3, -0.25) is 4.79 Å². The summed E-state index contributed by atoms with van der Waals surface area (Å²) in [4.78, 5) is 14.3. The second-order valence-corrected chi connectivity index (χ2v) is 4.11. The van der Waals surface area contributed by atoms with Gasteiger partial charge in [0.25, 0.3) is 5.78 Å². The van der Waals surface area contributed by atoms with Crippen molar-refractivity contribution < 1.29 is 14.3 Å². The van der Waals surface area contributed by atoms with Crippen LogP contribution in [0.1, 0.15) is 19.4 Å². The number of benzene rings is 1. The van der Waals surface area contributed by atoms with Crippen LogP contribution < -0.4 is 0 Å². The van der Waals surface area contributed by atoms with Crippen molar-refractivity contribution in [2.45, 2.75) is 26.6 Å². The third-order valence-corrected chi connectivity index (χ3v) is 2.34. The Kier molecular flexibility index (Phi) is 5.27. The number of Topliss-reactive ketones (excluding diaryl/α,β-unsaturated/α-hetero) is 1. The van der Waals surface area contributed by atoms with E-state index >= 15 is 0 Å². The molecular weight excluding hydrogens is 216 g/mol. The molecule has 1 aromatic rings. The molecule has 0 amide bonds. The third-order valence-electron chi connectivity index (χ3n) is 2.34. The van der Waals surface area contributed by atoms with Gasteiger partial charge in [0.05, 0.1) is 6.61 Å². The highest BCUT2D eigenvalue weighted by Crippen LogP contribution is 2.10. The molecule has 0 bridgehead atoms. The second kappa shape index (κ2) is 6.74. The molecule has 90 valence electrons. The van der Waals surface area contributed by atoms with Crippen molar-refractivity contribution >= 4 is 12.0 Å². The molecule has 1 atom stereocenters. The lowest BCUT2D eigenvalue weighted by Crippen LogP contribution is -2.30. The molecule has 0 aliphatic heterocycles. The highest BCUT2D eigenvalue weighted by molar-refractivity contribution is 6.27. The Morgan fingerprint density at radius 1 is 1.41 bits per heavy atom. The van der Waals surface area contributed by atoms with Gasteiger partial charge in [-0.15, -0.1) is 0 Å². The van der Waals surface area contributed by atoms with Crippen LogP contribution in [0.25, 0.3) is 5.53 Å². The number of ether oxygens (including phenoxy) is 1. The zero-order chi connectivity index (χ0) is 12.7. The molecule has 0 aliphatic rings. The van der Waals surface area contributed by atoms with E-state index in [1.165, 1.54) is 0 Å². The van der Waals surface area contributed by atoms with Crippen molar-refractivity contribution in [3.05, 3.63) is 41.4 Å². The van der Waals surface area contributed by atoms with Crippen molar-refractivity contribution in [1.29, 1.82) is 0 Å². The van der Waals surface area contributed by atoms with Crippen LogP contribution in [-0.4, -0.2) is 22.9 Å². The summed E-state index contributed by atoms with van der Waals surface area (Å²) in [6, 6.07) is 9.62. The fraction of sp³-hybridized carbons (Fsp3) is 0.385. The van der Waals surface area contributed by atoms with Gasteiger partial charge in [-0.25, -0.2) is 0 Å². The molecule has 0 saturated heterocycles. The van der Waals surface area contributed by atoms with Crippen molar-refractivity contribution in [3.63, 3.8) is 0 Å². The number of nitrogens with zero attached hydrogens (tertiary/aromatic N) is 2. The Morgan fingerprint density at radius 2 is 2.06 bits per heavy atom. The summed E-state index contributed by atoms with van der Waals surface area (Å²) in [6.07, 6.45) is 0.307. The summed E-state index contributed by atoms with van der Waals surface area (Å²) in [5, 5.41) is 0. The normalized spacial score (nSPS) is 11.9. The van der Waals surface area contributed by atoms with Crippen LogP contribution in [0.5, 0.6) is 0 Å². The largest absolute Gasteiger partial charge is 0.365 e. The summed E-state index contributed by atoms with van der Waals surface area (Å²) < 4.78 is 5.55. The maximum atomic E-state index is 11.6. The number of hydrogen-bond donors (Lipinski definition) is 0. The van der Waals surface area contributed by atoms with E-state index in [0.29, 0.717) is 6.61 Å². The number of ketones is 1. The van der Waals surface area contributed by atoms with Crippen molar-refractivity contribution in [3.8, 4) is 0 Å². The van der Waals surface area contributed by atoms with Crippen LogP contribution >= 0.6 is 0 Å². The summed E-state index contributed by atoms with van der Waals surface area (Å²) >= 11 is 0. The van der Waals surface area contributed by atoms with Crippen molar-refractivity contribution in [1.82, 2.24) is 0 Å². The number of carbonyl (C=O) groups excluding carboxylic acids is 1. The Labute approximate surface area is 101 Å². The highest BCUT2D eigenvalue weighted by atomic mass is 16.5. The summed E-state index contributed by atoms with van der Waals surface area (Å²) in [6.45, 7) is 4.15. The fourth-order valence-electron chi connectivity index (χ4n) is 1.49. The van der Waals surface area contributed by atoms with Crippen molar-refractivity contribution in [2.24, 2.45) is 5.92 Å². The van der Waals surface area contributed by atoms with E-state index < -0.39 is 6.10 Å². The molecule has 0 radical (unpaired) electrons. The van der Waals surface area contributed by atoms with Gasteiger partial charge in [-0.05, 0) is 11.5 Å². The number of carbonyl (C=O) groups is 1. The van der Waals surface area contributed by atoms with Gasteiger partial charge in [0.1, 0.15) is 6.10 Å². The molecule has 0 aromatic heterocycles. The van der Waals surface area contributed by atoms with Crippen LogP contribution in [0.15, 0.2) is 30.3 Å². The van der Waals surface area contributed by atoms with E-state index in [0.717, 1.165) is 11.8 Å². The van der Waals surface area contributed by atoms with Crippen molar-refractivity contribution in [2.75, 3.05) is 0 Å². The van der Waals surface area contributed by atoms with E-state index in [2.05, 4.69) is 4.79 Å². The Bertz CT molecular complexity index is 409. The molecule has 1 aromatic carbocycles. The lowest BCUT2D eigenvalue weighted by Gasteiger charge is -2.17. The van der Waals surface area contributed by atoms with E-state index in [9.17, 15) is 4.79 Å². The minimum absolute atomic E-state index is 0.0317. The van der Waals surface area contributed by atoms with E-state index in [1.807, 2.05) is 44.2 Å². The SMILES string of the molecule is CC(C)[C@H](OCc1ccccc1)C(=O)C=[N+]=[N-]. The molecule has 0 heterocycles. The maximum Gasteiger partial charge on any atom is 0.325 e. The zero-order valence-corrected chi connectivity index (χ0v) is 10.0. The van der Waals surface area contributed by atoms with Crippen LogP contribution in [0.2, 0.25) is 0 Å². The zero-order valence-electron chi connectivity index (χ0n) is 10.0. The lowest BCUT2D eigenvalue weighted by atomic mass is 10.0. The minimum Gasteiger partial charge on any atom is -0.365 e. The Hall–Kier alpha value is -1.77. The first kappa shape index (κ1) is 13.3.